The molecule has 3 aromatic rings. The van der Waals surface area contributed by atoms with Crippen molar-refractivity contribution in [3.63, 3.8) is 0 Å². The Bertz CT molecular complexity index is 1090. The summed E-state index contributed by atoms with van der Waals surface area (Å²) in [6.07, 6.45) is 1.45. The topological polar surface area (TPSA) is 142 Å². The van der Waals surface area contributed by atoms with Gasteiger partial charge in [-0.2, -0.15) is 0 Å². The number of nitrogens with zero attached hydrogens (tertiary/aromatic N) is 4. The molecular formula is C13H8ClN5O4S. The fraction of sp³-hybridized carbons (Fsp3) is 0. The highest BCUT2D eigenvalue weighted by atomic mass is 35.5. The molecule has 0 bridgehead atoms. The first kappa shape index (κ1) is 16.2. The van der Waals surface area contributed by atoms with E-state index in [1.54, 1.807) is 12.1 Å². The molecule has 0 aliphatic heterocycles. The van der Waals surface area contributed by atoms with Crippen molar-refractivity contribution >= 4 is 38.5 Å². The second-order valence-electron chi connectivity index (χ2n) is 4.66. The fourth-order valence-electron chi connectivity index (χ4n) is 2.18. The summed E-state index contributed by atoms with van der Waals surface area (Å²) < 4.78 is 23.7. The number of hydrogen-bond donors (Lipinski definition) is 1. The largest absolute Gasteiger partial charge is 0.280 e. The lowest BCUT2D eigenvalue weighted by Crippen LogP contribution is -2.14. The van der Waals surface area contributed by atoms with Crippen molar-refractivity contribution in [2.24, 2.45) is 5.14 Å². The molecule has 0 radical (unpaired) electrons. The van der Waals surface area contributed by atoms with Crippen LogP contribution in [0.15, 0.2) is 41.4 Å². The average Bonchev–Trinajstić information content (AvgIpc) is 2.52. The van der Waals surface area contributed by atoms with Crippen LogP contribution in [0.4, 0.5) is 5.69 Å². The maximum Gasteiger partial charge on any atom is 0.280 e. The van der Waals surface area contributed by atoms with Crippen LogP contribution >= 0.6 is 11.6 Å². The molecule has 0 saturated carbocycles. The number of pyridine rings is 1. The Morgan fingerprint density at radius 3 is 2.58 bits per heavy atom. The van der Waals surface area contributed by atoms with Gasteiger partial charge in [0.2, 0.25) is 10.0 Å². The smallest absolute Gasteiger partial charge is 0.258 e. The van der Waals surface area contributed by atoms with Crippen LogP contribution < -0.4 is 5.14 Å². The summed E-state index contributed by atoms with van der Waals surface area (Å²) in [5.74, 6) is 0. The Balaban J connectivity index is 2.45. The van der Waals surface area contributed by atoms with Gasteiger partial charge in [0, 0.05) is 12.3 Å². The van der Waals surface area contributed by atoms with Crippen LogP contribution in [0.25, 0.3) is 22.4 Å². The van der Waals surface area contributed by atoms with Crippen molar-refractivity contribution in [2.75, 3.05) is 0 Å². The minimum absolute atomic E-state index is 0.162. The SMILES string of the molecule is NS(=O)(=O)c1cccc([N+](=O)[O-])c1-c1nc2ncccc2nc1Cl. The fourth-order valence-corrected chi connectivity index (χ4v) is 3.16. The van der Waals surface area contributed by atoms with Crippen molar-refractivity contribution in [3.05, 3.63) is 51.8 Å². The number of rotatable bonds is 3. The highest BCUT2D eigenvalue weighted by Gasteiger charge is 2.28. The van der Waals surface area contributed by atoms with Gasteiger partial charge in [0.25, 0.3) is 5.69 Å². The third-order valence-electron chi connectivity index (χ3n) is 3.14. The standard InChI is InChI=1S/C13H8ClN5O4S/c14-12-11(18-13-7(17-12)3-2-6-16-13)10-8(19(20)21)4-1-5-9(10)24(15,22)23/h1-6H,(H2,15,22,23). The Morgan fingerprint density at radius 2 is 1.92 bits per heavy atom. The minimum Gasteiger partial charge on any atom is -0.258 e. The van der Waals surface area contributed by atoms with Crippen LogP contribution in [0, 0.1) is 10.1 Å². The predicted molar refractivity (Wildman–Crippen MR) is 85.8 cm³/mol. The lowest BCUT2D eigenvalue weighted by Gasteiger charge is -2.09. The maximum atomic E-state index is 11.8. The first-order valence-electron chi connectivity index (χ1n) is 6.38. The molecule has 2 N–H and O–H groups in total. The Kier molecular flexibility index (Phi) is 3.87. The van der Waals surface area contributed by atoms with Gasteiger partial charge >= 0.3 is 0 Å². The minimum atomic E-state index is -4.26. The molecule has 0 amide bonds. The summed E-state index contributed by atoms with van der Waals surface area (Å²) in [5, 5.41) is 16.3. The van der Waals surface area contributed by atoms with Crippen molar-refractivity contribution in [3.8, 4) is 11.3 Å². The van der Waals surface area contributed by atoms with E-state index < -0.39 is 25.5 Å². The van der Waals surface area contributed by atoms with Gasteiger partial charge in [-0.05, 0) is 18.2 Å². The van der Waals surface area contributed by atoms with Crippen molar-refractivity contribution < 1.29 is 13.3 Å². The van der Waals surface area contributed by atoms with E-state index in [0.717, 1.165) is 12.1 Å². The molecule has 0 unspecified atom stereocenters. The molecule has 24 heavy (non-hydrogen) atoms. The normalized spacial score (nSPS) is 11.6. The average molecular weight is 366 g/mol. The number of benzene rings is 1. The molecule has 0 aliphatic carbocycles. The second-order valence-corrected chi connectivity index (χ2v) is 6.55. The number of halogens is 1. The summed E-state index contributed by atoms with van der Waals surface area (Å²) >= 11 is 6.08. The first-order chi connectivity index (χ1) is 11.3. The monoisotopic (exact) mass is 365 g/mol. The highest BCUT2D eigenvalue weighted by molar-refractivity contribution is 7.89. The van der Waals surface area contributed by atoms with Crippen LogP contribution in [0.2, 0.25) is 5.15 Å². The van der Waals surface area contributed by atoms with Gasteiger partial charge in [-0.25, -0.2) is 28.5 Å². The molecule has 3 rings (SSSR count). The number of hydrogen-bond acceptors (Lipinski definition) is 7. The lowest BCUT2D eigenvalue weighted by molar-refractivity contribution is -0.384. The third-order valence-corrected chi connectivity index (χ3v) is 4.36. The molecule has 9 nitrogen and oxygen atoms in total. The van der Waals surface area contributed by atoms with E-state index in [9.17, 15) is 18.5 Å². The molecule has 2 aromatic heterocycles. The number of primary sulfonamides is 1. The van der Waals surface area contributed by atoms with Crippen LogP contribution in [0.1, 0.15) is 0 Å². The van der Waals surface area contributed by atoms with Crippen molar-refractivity contribution in [2.45, 2.75) is 4.90 Å². The molecule has 11 heteroatoms. The van der Waals surface area contributed by atoms with E-state index in [0.29, 0.717) is 5.52 Å². The van der Waals surface area contributed by atoms with E-state index >= 15 is 0 Å². The summed E-state index contributed by atoms with van der Waals surface area (Å²) in [4.78, 5) is 22.3. The van der Waals surface area contributed by atoms with Crippen LogP contribution in [-0.4, -0.2) is 28.3 Å². The van der Waals surface area contributed by atoms with E-state index in [-0.39, 0.29) is 22.1 Å². The van der Waals surface area contributed by atoms with E-state index in [2.05, 4.69) is 15.0 Å². The van der Waals surface area contributed by atoms with Gasteiger partial charge in [0.15, 0.2) is 10.8 Å². The molecule has 0 saturated heterocycles. The Labute approximate surface area is 140 Å². The Hall–Kier alpha value is -2.69. The number of nitrogens with two attached hydrogens (primary N) is 1. The van der Waals surface area contributed by atoms with Gasteiger partial charge in [0.1, 0.15) is 16.8 Å². The number of sulfonamides is 1. The molecular weight excluding hydrogens is 358 g/mol. The first-order valence-corrected chi connectivity index (χ1v) is 8.30. The number of aromatic nitrogens is 3. The van der Waals surface area contributed by atoms with Gasteiger partial charge in [-0.3, -0.25) is 10.1 Å². The predicted octanol–water partition coefficient (Wildman–Crippen LogP) is 1.90. The number of fused-ring (bicyclic) bond motifs is 1. The number of nitro benzene ring substituents is 1. The molecule has 2 heterocycles. The van der Waals surface area contributed by atoms with E-state index in [1.807, 2.05) is 0 Å². The van der Waals surface area contributed by atoms with Gasteiger partial charge in [0.05, 0.1) is 9.82 Å². The maximum absolute atomic E-state index is 11.8. The van der Waals surface area contributed by atoms with E-state index in [4.69, 9.17) is 16.7 Å². The lowest BCUT2D eigenvalue weighted by atomic mass is 10.1. The van der Waals surface area contributed by atoms with E-state index in [1.165, 1.54) is 12.3 Å². The van der Waals surface area contributed by atoms with Crippen molar-refractivity contribution in [1.82, 2.24) is 15.0 Å². The zero-order valence-electron chi connectivity index (χ0n) is 11.7. The van der Waals surface area contributed by atoms with Gasteiger partial charge in [-0.15, -0.1) is 0 Å². The third kappa shape index (κ3) is 2.77. The molecule has 0 spiro atoms. The van der Waals surface area contributed by atoms with Crippen LogP contribution in [0.5, 0.6) is 0 Å². The highest BCUT2D eigenvalue weighted by Crippen LogP contribution is 2.37. The number of nitro groups is 1. The molecule has 0 fully saturated rings. The van der Waals surface area contributed by atoms with Crippen molar-refractivity contribution in [1.29, 1.82) is 0 Å². The molecule has 122 valence electrons. The second kappa shape index (κ2) is 5.74. The Morgan fingerprint density at radius 1 is 1.17 bits per heavy atom. The molecule has 1 aromatic carbocycles. The summed E-state index contributed by atoms with van der Waals surface area (Å²) in [5.41, 5.74) is -0.486. The van der Waals surface area contributed by atoms with Gasteiger partial charge in [-0.1, -0.05) is 17.7 Å². The van der Waals surface area contributed by atoms with Crippen LogP contribution in [0.3, 0.4) is 0 Å². The summed E-state index contributed by atoms with van der Waals surface area (Å²) in [7, 11) is -4.26. The zero-order valence-corrected chi connectivity index (χ0v) is 13.3. The molecule has 0 aliphatic rings. The summed E-state index contributed by atoms with van der Waals surface area (Å²) in [6, 6.07) is 6.70. The molecule has 0 atom stereocenters. The summed E-state index contributed by atoms with van der Waals surface area (Å²) in [6.45, 7) is 0. The zero-order chi connectivity index (χ0) is 17.5. The van der Waals surface area contributed by atoms with Crippen LogP contribution in [-0.2, 0) is 10.0 Å². The van der Waals surface area contributed by atoms with Gasteiger partial charge < -0.3 is 0 Å². The quantitative estimate of drug-likeness (QED) is 0.551.